The molecule has 0 saturated heterocycles. The predicted molar refractivity (Wildman–Crippen MR) is 138 cm³/mol. The first-order valence-corrected chi connectivity index (χ1v) is 12.6. The van der Waals surface area contributed by atoms with E-state index in [0.29, 0.717) is 38.9 Å². The predicted octanol–water partition coefficient (Wildman–Crippen LogP) is 5.24. The first-order chi connectivity index (χ1) is 16.9. The Morgan fingerprint density at radius 2 is 1.86 bits per heavy atom. The Balaban J connectivity index is 1.51. The Morgan fingerprint density at radius 3 is 2.63 bits per heavy atom. The molecule has 2 aromatic heterocycles. The van der Waals surface area contributed by atoms with E-state index in [9.17, 15) is 9.59 Å². The molecule has 35 heavy (non-hydrogen) atoms. The third kappa shape index (κ3) is 8.27. The second kappa shape index (κ2) is 13.1. The minimum absolute atomic E-state index is 0.0371. The average Bonchev–Trinajstić information content (AvgIpc) is 3.29. The van der Waals surface area contributed by atoms with Crippen molar-refractivity contribution in [3.63, 3.8) is 0 Å². The van der Waals surface area contributed by atoms with Gasteiger partial charge in [-0.25, -0.2) is 20.4 Å². The Kier molecular flexibility index (Phi) is 9.95. The van der Waals surface area contributed by atoms with E-state index in [2.05, 4.69) is 25.6 Å². The number of hydrogen-bond donors (Lipinski definition) is 4. The number of amides is 1. The summed E-state index contributed by atoms with van der Waals surface area (Å²) in [6.45, 7) is 4.49. The molecule has 11 heteroatoms. The van der Waals surface area contributed by atoms with Gasteiger partial charge >= 0.3 is 0 Å². The van der Waals surface area contributed by atoms with Gasteiger partial charge in [0.15, 0.2) is 10.9 Å². The molecule has 0 aliphatic rings. The molecule has 0 atom stereocenters. The molecule has 3 rings (SSSR count). The summed E-state index contributed by atoms with van der Waals surface area (Å²) >= 11 is 7.54. The van der Waals surface area contributed by atoms with Gasteiger partial charge in [0.05, 0.1) is 11.1 Å². The Bertz CT molecular complexity index is 1150. The maximum Gasteiger partial charge on any atom is 0.243 e. The van der Waals surface area contributed by atoms with Crippen LogP contribution >= 0.6 is 22.9 Å². The van der Waals surface area contributed by atoms with E-state index in [0.717, 1.165) is 43.4 Å². The molecule has 0 unspecified atom stereocenters. The number of aryl methyl sites for hydroxylation is 2. The summed E-state index contributed by atoms with van der Waals surface area (Å²) in [7, 11) is 0. The lowest BCUT2D eigenvalue weighted by Crippen LogP contribution is -2.17. The average molecular weight is 517 g/mol. The maximum atomic E-state index is 12.8. The van der Waals surface area contributed by atoms with Crippen molar-refractivity contribution in [3.05, 3.63) is 57.3 Å². The van der Waals surface area contributed by atoms with E-state index in [4.69, 9.17) is 16.8 Å². The number of ketones is 1. The number of aromatic nitrogens is 3. The molecule has 0 fully saturated rings. The van der Waals surface area contributed by atoms with Gasteiger partial charge in [0.25, 0.3) is 0 Å². The van der Waals surface area contributed by atoms with E-state index in [1.165, 1.54) is 11.3 Å². The summed E-state index contributed by atoms with van der Waals surface area (Å²) in [5.74, 6) is 1.50. The van der Waals surface area contributed by atoms with Gasteiger partial charge in [0.1, 0.15) is 17.5 Å². The zero-order valence-corrected chi connectivity index (χ0v) is 21.3. The van der Waals surface area contributed by atoms with Crippen molar-refractivity contribution in [1.82, 2.24) is 20.4 Å². The largest absolute Gasteiger partial charge is 0.370 e. The quantitative estimate of drug-likeness (QED) is 0.105. The van der Waals surface area contributed by atoms with Crippen LogP contribution in [0.15, 0.2) is 30.5 Å². The van der Waals surface area contributed by atoms with Gasteiger partial charge in [-0.05, 0) is 43.9 Å². The fourth-order valence-corrected chi connectivity index (χ4v) is 4.52. The van der Waals surface area contributed by atoms with Crippen LogP contribution in [0.2, 0.25) is 5.02 Å². The topological polar surface area (TPSA) is 129 Å². The number of thiazole rings is 1. The number of unbranched alkanes of at least 4 members (excludes halogenated alkanes) is 3. The molecule has 186 valence electrons. The summed E-state index contributed by atoms with van der Waals surface area (Å²) in [5.41, 5.74) is 3.46. The number of rotatable bonds is 13. The van der Waals surface area contributed by atoms with Crippen LogP contribution in [0.4, 0.5) is 16.8 Å². The molecule has 0 aliphatic heterocycles. The van der Waals surface area contributed by atoms with Crippen molar-refractivity contribution in [2.75, 3.05) is 17.2 Å². The van der Waals surface area contributed by atoms with Crippen LogP contribution < -0.4 is 16.1 Å². The molecular formula is C24H29ClN6O3S. The van der Waals surface area contributed by atoms with Gasteiger partial charge < -0.3 is 10.6 Å². The highest BCUT2D eigenvalue weighted by Crippen LogP contribution is 2.26. The van der Waals surface area contributed by atoms with Crippen molar-refractivity contribution in [3.8, 4) is 0 Å². The van der Waals surface area contributed by atoms with Gasteiger partial charge in [0, 0.05) is 30.5 Å². The zero-order valence-electron chi connectivity index (χ0n) is 19.7. The van der Waals surface area contributed by atoms with Crippen LogP contribution in [0.3, 0.4) is 0 Å². The monoisotopic (exact) mass is 516 g/mol. The number of nitrogens with zero attached hydrogens (tertiary/aromatic N) is 3. The van der Waals surface area contributed by atoms with Gasteiger partial charge in [0.2, 0.25) is 5.91 Å². The lowest BCUT2D eigenvalue weighted by molar-refractivity contribution is -0.129. The SMILES string of the molecule is Cc1nc(NCCCCCCC(=O)NO)cc(Nc2ncc(C(=O)Cc3c(C)cccc3Cl)s2)n1. The number of benzene rings is 1. The number of nitrogens with one attached hydrogen (secondary N) is 3. The molecule has 3 aromatic rings. The normalized spacial score (nSPS) is 10.7. The number of anilines is 3. The highest BCUT2D eigenvalue weighted by atomic mass is 35.5. The van der Waals surface area contributed by atoms with Gasteiger partial charge in [-0.2, -0.15) is 0 Å². The molecule has 1 amide bonds. The van der Waals surface area contributed by atoms with Crippen LogP contribution in [0.25, 0.3) is 0 Å². The van der Waals surface area contributed by atoms with Crippen molar-refractivity contribution >= 4 is 51.4 Å². The van der Waals surface area contributed by atoms with E-state index < -0.39 is 0 Å². The molecule has 0 aliphatic carbocycles. The lowest BCUT2D eigenvalue weighted by Gasteiger charge is -2.09. The molecule has 0 bridgehead atoms. The fraction of sp³-hybridized carbons (Fsp3) is 0.375. The van der Waals surface area contributed by atoms with Crippen LogP contribution in [0, 0.1) is 13.8 Å². The van der Waals surface area contributed by atoms with Crippen LogP contribution in [0.5, 0.6) is 0 Å². The lowest BCUT2D eigenvalue weighted by atomic mass is 10.0. The second-order valence-corrected chi connectivity index (χ2v) is 9.54. The third-order valence-electron chi connectivity index (χ3n) is 5.31. The Labute approximate surface area is 213 Å². The minimum Gasteiger partial charge on any atom is -0.370 e. The van der Waals surface area contributed by atoms with E-state index in [1.807, 2.05) is 26.0 Å². The molecule has 4 N–H and O–H groups in total. The number of Topliss-reactive ketones (excluding diaryl/α,β-unsaturated/α-hetero) is 1. The zero-order chi connectivity index (χ0) is 25.2. The highest BCUT2D eigenvalue weighted by molar-refractivity contribution is 7.17. The Hall–Kier alpha value is -3.08. The number of hydrogen-bond acceptors (Lipinski definition) is 9. The van der Waals surface area contributed by atoms with Crippen molar-refractivity contribution in [2.45, 2.75) is 52.4 Å². The first-order valence-electron chi connectivity index (χ1n) is 11.4. The van der Waals surface area contributed by atoms with E-state index >= 15 is 0 Å². The Morgan fingerprint density at radius 1 is 1.09 bits per heavy atom. The maximum absolute atomic E-state index is 12.8. The number of carbonyl (C=O) groups is 2. The molecule has 0 saturated carbocycles. The molecule has 0 radical (unpaired) electrons. The molecule has 9 nitrogen and oxygen atoms in total. The fourth-order valence-electron chi connectivity index (χ4n) is 3.47. The van der Waals surface area contributed by atoms with E-state index in [-0.39, 0.29) is 18.1 Å². The summed E-state index contributed by atoms with van der Waals surface area (Å²) in [4.78, 5) is 37.5. The molecule has 1 aromatic carbocycles. The second-order valence-electron chi connectivity index (χ2n) is 8.10. The summed E-state index contributed by atoms with van der Waals surface area (Å²) < 4.78 is 0. The van der Waals surface area contributed by atoms with E-state index in [1.54, 1.807) is 23.8 Å². The van der Waals surface area contributed by atoms with Crippen LogP contribution in [-0.2, 0) is 11.2 Å². The third-order valence-corrected chi connectivity index (χ3v) is 6.61. The number of carbonyl (C=O) groups excluding carboxylic acids is 2. The van der Waals surface area contributed by atoms with Crippen molar-refractivity contribution < 1.29 is 14.8 Å². The molecular weight excluding hydrogens is 488 g/mol. The summed E-state index contributed by atoms with van der Waals surface area (Å²) in [6, 6.07) is 7.40. The van der Waals surface area contributed by atoms with Crippen LogP contribution in [0.1, 0.15) is 58.7 Å². The highest BCUT2D eigenvalue weighted by Gasteiger charge is 2.15. The number of hydroxylamine groups is 1. The number of halogens is 1. The first kappa shape index (κ1) is 26.5. The van der Waals surface area contributed by atoms with Gasteiger partial charge in [-0.15, -0.1) is 0 Å². The molecule has 0 spiro atoms. The summed E-state index contributed by atoms with van der Waals surface area (Å²) in [5, 5.41) is 16.1. The van der Waals surface area contributed by atoms with Gasteiger partial charge in [-0.1, -0.05) is 47.9 Å². The van der Waals surface area contributed by atoms with Crippen molar-refractivity contribution in [2.24, 2.45) is 0 Å². The summed E-state index contributed by atoms with van der Waals surface area (Å²) in [6.07, 6.45) is 5.66. The minimum atomic E-state index is -0.355. The van der Waals surface area contributed by atoms with Crippen molar-refractivity contribution in [1.29, 1.82) is 0 Å². The van der Waals surface area contributed by atoms with Gasteiger partial charge in [-0.3, -0.25) is 14.8 Å². The molecule has 2 heterocycles. The standard InChI is InChI=1S/C24H29ClN6O3S/c1-15-8-7-9-18(25)17(15)12-19(32)20-14-27-24(35-20)30-22-13-21(28-16(2)29-22)26-11-6-4-3-5-10-23(33)31-34/h7-9,13-14,34H,3-6,10-12H2,1-2H3,(H,31,33)(H2,26,27,28,29,30). The smallest absolute Gasteiger partial charge is 0.243 e. The van der Waals surface area contributed by atoms with Crippen LogP contribution in [-0.4, -0.2) is 38.4 Å².